The number of halogens is 1. The van der Waals surface area contributed by atoms with Gasteiger partial charge >= 0.3 is 11.9 Å². The standard InChI is InChI=1S/C15H16N2O4S2.C12H10N2O3S2.C3H7IO/c1-20-9-3-4-10-12(7-9)23-14(16-10)13-17-11(8-22-13)15(19)21-6-2-5-18;1-17-6-2-3-7-9(4-6)19-11(13-7)10-14-8(5-18-10)12(15)16;4-2-1-3-5/h3-4,7,11,18H,2,5-6,8H2,1H3;2-4,8H,5H2,1H3,(H,15,16);5H,1-3H2/t11-;8-;/m11./s1. The number of fused-ring (bicyclic) bond motifs is 2. The molecule has 2 atom stereocenters. The normalized spacial score (nSPS) is 16.9. The first-order valence-corrected chi connectivity index (χ1v) is 19.4. The van der Waals surface area contributed by atoms with Crippen LogP contribution in [0, 0.1) is 0 Å². The van der Waals surface area contributed by atoms with Crippen LogP contribution in [0.15, 0.2) is 46.4 Å². The number of aliphatic hydroxyl groups excluding tert-OH is 2. The van der Waals surface area contributed by atoms with Crippen LogP contribution < -0.4 is 9.47 Å². The van der Waals surface area contributed by atoms with E-state index in [1.165, 1.54) is 46.2 Å². The van der Waals surface area contributed by atoms with Crippen LogP contribution in [0.4, 0.5) is 0 Å². The van der Waals surface area contributed by atoms with Gasteiger partial charge < -0.3 is 29.5 Å². The summed E-state index contributed by atoms with van der Waals surface area (Å²) >= 11 is 8.22. The maximum Gasteiger partial charge on any atom is 0.331 e. The molecule has 0 spiro atoms. The zero-order chi connectivity index (χ0) is 33.8. The number of carboxylic acids is 1. The number of aliphatic carboxylic acids is 1. The molecule has 3 N–H and O–H groups in total. The van der Waals surface area contributed by atoms with E-state index in [-0.39, 0.29) is 19.2 Å². The van der Waals surface area contributed by atoms with Gasteiger partial charge in [0.2, 0.25) is 0 Å². The fourth-order valence-corrected chi connectivity index (χ4v) is 8.39. The number of ether oxygens (including phenoxy) is 3. The highest BCUT2D eigenvalue weighted by molar-refractivity contribution is 14.1. The van der Waals surface area contributed by atoms with Crippen molar-refractivity contribution in [3.05, 3.63) is 46.4 Å². The molecule has 0 saturated heterocycles. The molecule has 2 aromatic carbocycles. The number of carbonyl (C=O) groups is 2. The average Bonchev–Trinajstić information content (AvgIpc) is 3.90. The molecule has 0 bridgehead atoms. The first kappa shape index (κ1) is 37.3. The fraction of sp³-hybridized carbons (Fsp3) is 0.400. The predicted molar refractivity (Wildman–Crippen MR) is 199 cm³/mol. The minimum Gasteiger partial charge on any atom is -0.497 e. The number of carboxylic acid groups (broad SMARTS) is 1. The molecule has 0 radical (unpaired) electrons. The highest BCUT2D eigenvalue weighted by Crippen LogP contribution is 2.33. The number of nitrogens with zero attached hydrogens (tertiary/aromatic N) is 4. The lowest BCUT2D eigenvalue weighted by Crippen LogP contribution is -2.22. The molecule has 2 aliphatic heterocycles. The maximum absolute atomic E-state index is 11.9. The highest BCUT2D eigenvalue weighted by Gasteiger charge is 2.29. The number of hydrogen-bond donors (Lipinski definition) is 3. The summed E-state index contributed by atoms with van der Waals surface area (Å²) in [6, 6.07) is 10.3. The number of aliphatic imine (C=N–C) groups is 2. The summed E-state index contributed by atoms with van der Waals surface area (Å²) < 4.78 is 18.6. The monoisotopic (exact) mass is 832 g/mol. The molecule has 6 rings (SSSR count). The second-order valence-corrected chi connectivity index (χ2v) is 14.7. The molecule has 0 saturated carbocycles. The number of thiazole rings is 2. The third-order valence-electron chi connectivity index (χ3n) is 6.25. The van der Waals surface area contributed by atoms with Crippen molar-refractivity contribution in [2.45, 2.75) is 24.9 Å². The van der Waals surface area contributed by atoms with Crippen LogP contribution in [-0.2, 0) is 14.3 Å². The van der Waals surface area contributed by atoms with E-state index in [0.717, 1.165) is 57.8 Å². The number of esters is 1. The van der Waals surface area contributed by atoms with Crippen LogP contribution in [0.2, 0.25) is 0 Å². The van der Waals surface area contributed by atoms with Gasteiger partial charge in [-0.05, 0) is 42.8 Å². The van der Waals surface area contributed by atoms with Crippen molar-refractivity contribution in [2.75, 3.05) is 50.0 Å². The molecule has 252 valence electrons. The quantitative estimate of drug-likeness (QED) is 0.0787. The van der Waals surface area contributed by atoms with Crippen LogP contribution >= 0.6 is 68.8 Å². The summed E-state index contributed by atoms with van der Waals surface area (Å²) in [4.78, 5) is 40.4. The molecule has 0 amide bonds. The van der Waals surface area contributed by atoms with Crippen molar-refractivity contribution in [3.8, 4) is 11.5 Å². The maximum atomic E-state index is 11.9. The van der Waals surface area contributed by atoms with Gasteiger partial charge in [-0.25, -0.2) is 19.6 Å². The Labute approximate surface area is 301 Å². The molecule has 2 aliphatic rings. The SMILES string of the molecule is COc1ccc2nc(C3=N[C@@H](C(=O)O)CS3)sc2c1.COc1ccc2nc(C3=N[C@@H](C(=O)OCCCO)CS3)sc2c1.OCCCI. The van der Waals surface area contributed by atoms with Crippen molar-refractivity contribution >= 4 is 111 Å². The smallest absolute Gasteiger partial charge is 0.331 e. The number of carbonyl (C=O) groups excluding carboxylic acids is 1. The number of aliphatic hydroxyl groups is 2. The van der Waals surface area contributed by atoms with Gasteiger partial charge in [-0.3, -0.25) is 9.98 Å². The van der Waals surface area contributed by atoms with Crippen LogP contribution in [0.3, 0.4) is 0 Å². The van der Waals surface area contributed by atoms with Gasteiger partial charge in [0.15, 0.2) is 12.1 Å². The number of aromatic nitrogens is 2. The molecule has 17 heteroatoms. The zero-order valence-electron chi connectivity index (χ0n) is 25.5. The molecule has 4 aromatic rings. The lowest BCUT2D eigenvalue weighted by molar-refractivity contribution is -0.144. The first-order valence-electron chi connectivity index (χ1n) is 14.3. The molecule has 0 unspecified atom stereocenters. The predicted octanol–water partition coefficient (Wildman–Crippen LogP) is 5.15. The van der Waals surface area contributed by atoms with E-state index in [2.05, 4.69) is 42.5 Å². The number of thioether (sulfide) groups is 2. The number of hydrogen-bond acceptors (Lipinski definition) is 15. The fourth-order valence-electron chi connectivity index (χ4n) is 3.87. The number of benzene rings is 2. The van der Waals surface area contributed by atoms with Crippen LogP contribution in [-0.4, -0.2) is 109 Å². The summed E-state index contributed by atoms with van der Waals surface area (Å²) in [5.41, 5.74) is 1.77. The van der Waals surface area contributed by atoms with Gasteiger partial charge in [0, 0.05) is 35.6 Å². The summed E-state index contributed by atoms with van der Waals surface area (Å²) in [6.45, 7) is 0.571. The third-order valence-corrected chi connectivity index (χ3v) is 11.4. The Hall–Kier alpha value is -2.55. The molecule has 4 heterocycles. The van der Waals surface area contributed by atoms with Crippen LogP contribution in [0.5, 0.6) is 11.5 Å². The average molecular weight is 833 g/mol. The molecular weight excluding hydrogens is 800 g/mol. The minimum absolute atomic E-state index is 0.0103. The van der Waals surface area contributed by atoms with Gasteiger partial charge in [0.1, 0.15) is 31.6 Å². The Bertz CT molecular complexity index is 1730. The number of alkyl halides is 1. The number of rotatable bonds is 11. The molecule has 0 aliphatic carbocycles. The third kappa shape index (κ3) is 10.5. The second kappa shape index (κ2) is 18.8. The van der Waals surface area contributed by atoms with Gasteiger partial charge in [-0.15, -0.1) is 46.2 Å². The lowest BCUT2D eigenvalue weighted by atomic mass is 10.3. The van der Waals surface area contributed by atoms with Gasteiger partial charge in [-0.1, -0.05) is 22.6 Å². The molecule has 0 fully saturated rings. The molecule has 2 aromatic heterocycles. The van der Waals surface area contributed by atoms with Gasteiger partial charge in [0.25, 0.3) is 0 Å². The Morgan fingerprint density at radius 2 is 1.34 bits per heavy atom. The van der Waals surface area contributed by atoms with Crippen molar-refractivity contribution in [2.24, 2.45) is 9.98 Å². The van der Waals surface area contributed by atoms with Crippen LogP contribution in [0.25, 0.3) is 20.4 Å². The van der Waals surface area contributed by atoms with Crippen molar-refractivity contribution in [1.82, 2.24) is 9.97 Å². The van der Waals surface area contributed by atoms with Gasteiger partial charge in [-0.2, -0.15) is 0 Å². The Kier molecular flexibility index (Phi) is 14.9. The largest absolute Gasteiger partial charge is 0.497 e. The minimum atomic E-state index is -0.884. The topological polar surface area (TPSA) is 173 Å². The van der Waals surface area contributed by atoms with Crippen molar-refractivity contribution < 1.29 is 39.1 Å². The molecular formula is C30H33IN4O8S4. The van der Waals surface area contributed by atoms with E-state index in [0.29, 0.717) is 29.6 Å². The van der Waals surface area contributed by atoms with E-state index in [9.17, 15) is 9.59 Å². The van der Waals surface area contributed by atoms with Crippen molar-refractivity contribution in [1.29, 1.82) is 0 Å². The second-order valence-electron chi connectivity index (χ2n) is 9.58. The van der Waals surface area contributed by atoms with Crippen molar-refractivity contribution in [3.63, 3.8) is 0 Å². The summed E-state index contributed by atoms with van der Waals surface area (Å²) in [5, 5.41) is 28.8. The van der Waals surface area contributed by atoms with E-state index in [1.54, 1.807) is 14.2 Å². The molecule has 47 heavy (non-hydrogen) atoms. The Balaban J connectivity index is 0.000000189. The molecule has 12 nitrogen and oxygen atoms in total. The zero-order valence-corrected chi connectivity index (χ0v) is 30.9. The Morgan fingerprint density at radius 1 is 0.830 bits per heavy atom. The lowest BCUT2D eigenvalue weighted by Gasteiger charge is -2.05. The summed E-state index contributed by atoms with van der Waals surface area (Å²) in [6.07, 6.45) is 1.38. The van der Waals surface area contributed by atoms with E-state index >= 15 is 0 Å². The highest BCUT2D eigenvalue weighted by atomic mass is 127. The number of methoxy groups -OCH3 is 2. The summed E-state index contributed by atoms with van der Waals surface area (Å²) in [5.74, 6) is 1.39. The van der Waals surface area contributed by atoms with Gasteiger partial charge in [0.05, 0.1) is 41.3 Å². The van der Waals surface area contributed by atoms with Crippen LogP contribution in [0.1, 0.15) is 22.9 Å². The van der Waals surface area contributed by atoms with E-state index in [4.69, 9.17) is 29.5 Å². The summed E-state index contributed by atoms with van der Waals surface area (Å²) in [7, 11) is 3.25. The Morgan fingerprint density at radius 3 is 1.77 bits per heavy atom. The van der Waals surface area contributed by atoms with E-state index in [1.807, 2.05) is 36.4 Å². The first-order chi connectivity index (χ1) is 22.8. The van der Waals surface area contributed by atoms with E-state index < -0.39 is 18.1 Å².